The van der Waals surface area contributed by atoms with Crippen molar-refractivity contribution >= 4 is 34.9 Å². The van der Waals surface area contributed by atoms with Crippen LogP contribution in [0, 0.1) is 20.8 Å². The van der Waals surface area contributed by atoms with E-state index in [-0.39, 0.29) is 5.91 Å². The molecule has 1 aromatic heterocycles. The Balaban J connectivity index is 1.53. The molecule has 3 aromatic rings. The average Bonchev–Trinajstić information content (AvgIpc) is 2.76. The van der Waals surface area contributed by atoms with Crippen molar-refractivity contribution in [3.8, 4) is 0 Å². The molecule has 1 aliphatic rings. The summed E-state index contributed by atoms with van der Waals surface area (Å²) in [6, 6.07) is 13.6. The Kier molecular flexibility index (Phi) is 6.68. The summed E-state index contributed by atoms with van der Waals surface area (Å²) >= 11 is 12.2. The Hall–Kier alpha value is -2.63. The van der Waals surface area contributed by atoms with Gasteiger partial charge in [0.2, 0.25) is 0 Å². The van der Waals surface area contributed by atoms with Crippen LogP contribution in [0.2, 0.25) is 10.0 Å². The number of aryl methyl sites for hydroxylation is 3. The Labute approximate surface area is 199 Å². The molecule has 1 aliphatic heterocycles. The van der Waals surface area contributed by atoms with E-state index in [0.29, 0.717) is 41.8 Å². The molecule has 0 atom stereocenters. The van der Waals surface area contributed by atoms with Crippen LogP contribution >= 0.6 is 23.2 Å². The number of hydrogen-bond donors (Lipinski definition) is 0. The van der Waals surface area contributed by atoms with E-state index in [1.54, 1.807) is 18.2 Å². The van der Waals surface area contributed by atoms with Crippen LogP contribution in [0.1, 0.15) is 38.6 Å². The zero-order chi connectivity index (χ0) is 22.8. The third-order valence-corrected chi connectivity index (χ3v) is 6.38. The second-order valence-electron chi connectivity index (χ2n) is 8.22. The minimum Gasteiger partial charge on any atom is -0.353 e. The second-order valence-corrected chi connectivity index (χ2v) is 9.07. The van der Waals surface area contributed by atoms with Crippen molar-refractivity contribution in [2.45, 2.75) is 27.2 Å². The zero-order valence-electron chi connectivity index (χ0n) is 18.5. The summed E-state index contributed by atoms with van der Waals surface area (Å²) in [5, 5.41) is 0.902. The largest absolute Gasteiger partial charge is 0.353 e. The number of rotatable bonds is 4. The van der Waals surface area contributed by atoms with Gasteiger partial charge < -0.3 is 9.80 Å². The van der Waals surface area contributed by atoms with Gasteiger partial charge in [-0.25, -0.2) is 9.97 Å². The maximum absolute atomic E-state index is 13.0. The van der Waals surface area contributed by atoms with E-state index in [1.165, 1.54) is 11.1 Å². The lowest BCUT2D eigenvalue weighted by molar-refractivity contribution is 0.0746. The van der Waals surface area contributed by atoms with Gasteiger partial charge >= 0.3 is 0 Å². The van der Waals surface area contributed by atoms with Gasteiger partial charge in [0.05, 0.1) is 10.6 Å². The third-order valence-electron chi connectivity index (χ3n) is 5.83. The van der Waals surface area contributed by atoms with Gasteiger partial charge in [-0.05, 0) is 44.5 Å². The SMILES string of the molecule is Cc1ccc(Cc2c(C)nc(C)nc2N2CCN(C(=O)c3ccc(Cl)cc3Cl)CC2)cc1. The molecule has 1 amide bonds. The van der Waals surface area contributed by atoms with Gasteiger partial charge in [-0.3, -0.25) is 4.79 Å². The van der Waals surface area contributed by atoms with Gasteiger partial charge in [0, 0.05) is 48.9 Å². The molecule has 0 aliphatic carbocycles. The normalized spacial score (nSPS) is 14.0. The number of nitrogens with zero attached hydrogens (tertiary/aromatic N) is 4. The van der Waals surface area contributed by atoms with Crippen LogP contribution in [0.15, 0.2) is 42.5 Å². The maximum Gasteiger partial charge on any atom is 0.255 e. The van der Waals surface area contributed by atoms with Crippen LogP contribution in [-0.2, 0) is 6.42 Å². The Bertz CT molecular complexity index is 1140. The summed E-state index contributed by atoms with van der Waals surface area (Å²) in [6.07, 6.45) is 0.779. The highest BCUT2D eigenvalue weighted by Gasteiger charge is 2.26. The number of anilines is 1. The number of benzene rings is 2. The molecule has 1 fully saturated rings. The molecule has 32 heavy (non-hydrogen) atoms. The van der Waals surface area contributed by atoms with Crippen molar-refractivity contribution in [3.63, 3.8) is 0 Å². The minimum atomic E-state index is -0.0683. The third kappa shape index (κ3) is 4.89. The highest BCUT2D eigenvalue weighted by Crippen LogP contribution is 2.27. The molecule has 0 unspecified atom stereocenters. The first-order valence-electron chi connectivity index (χ1n) is 10.7. The standard InChI is InChI=1S/C25H26Cl2N4O/c1-16-4-6-19(7-5-16)14-22-17(2)28-18(3)29-24(22)30-10-12-31(13-11-30)25(32)21-9-8-20(26)15-23(21)27/h4-9,15H,10-14H2,1-3H3. The molecule has 0 bridgehead atoms. The smallest absolute Gasteiger partial charge is 0.255 e. The molecule has 0 spiro atoms. The number of carbonyl (C=O) groups is 1. The summed E-state index contributed by atoms with van der Waals surface area (Å²) in [7, 11) is 0. The number of hydrogen-bond acceptors (Lipinski definition) is 4. The lowest BCUT2D eigenvalue weighted by atomic mass is 10.0. The monoisotopic (exact) mass is 468 g/mol. The second kappa shape index (κ2) is 9.47. The Morgan fingerprint density at radius 1 is 0.938 bits per heavy atom. The zero-order valence-corrected chi connectivity index (χ0v) is 20.0. The van der Waals surface area contributed by atoms with E-state index in [4.69, 9.17) is 28.2 Å². The number of carbonyl (C=O) groups excluding carboxylic acids is 1. The van der Waals surface area contributed by atoms with Crippen molar-refractivity contribution in [2.24, 2.45) is 0 Å². The number of piperazine rings is 1. The average molecular weight is 469 g/mol. The first kappa shape index (κ1) is 22.6. The lowest BCUT2D eigenvalue weighted by Gasteiger charge is -2.36. The molecule has 0 N–H and O–H groups in total. The van der Waals surface area contributed by atoms with E-state index in [2.05, 4.69) is 41.1 Å². The first-order valence-corrected chi connectivity index (χ1v) is 11.5. The molecule has 0 radical (unpaired) electrons. The molecule has 7 heteroatoms. The fraction of sp³-hybridized carbons (Fsp3) is 0.320. The van der Waals surface area contributed by atoms with Gasteiger partial charge in [-0.1, -0.05) is 53.0 Å². The summed E-state index contributed by atoms with van der Waals surface area (Å²) in [5.74, 6) is 1.66. The van der Waals surface area contributed by atoms with Gasteiger partial charge in [-0.15, -0.1) is 0 Å². The predicted molar refractivity (Wildman–Crippen MR) is 130 cm³/mol. The van der Waals surface area contributed by atoms with Gasteiger partial charge in [0.1, 0.15) is 11.6 Å². The van der Waals surface area contributed by atoms with E-state index in [0.717, 1.165) is 29.3 Å². The van der Waals surface area contributed by atoms with E-state index in [1.807, 2.05) is 18.7 Å². The van der Waals surface area contributed by atoms with Crippen LogP contribution in [-0.4, -0.2) is 47.0 Å². The van der Waals surface area contributed by atoms with Crippen LogP contribution in [0.3, 0.4) is 0 Å². The minimum absolute atomic E-state index is 0.0683. The molecule has 166 valence electrons. The van der Waals surface area contributed by atoms with Gasteiger partial charge in [0.15, 0.2) is 0 Å². The summed E-state index contributed by atoms with van der Waals surface area (Å²) in [5.41, 5.74) is 5.10. The van der Waals surface area contributed by atoms with Gasteiger partial charge in [-0.2, -0.15) is 0 Å². The summed E-state index contributed by atoms with van der Waals surface area (Å²) in [6.45, 7) is 8.67. The van der Waals surface area contributed by atoms with Crippen LogP contribution in [0.25, 0.3) is 0 Å². The van der Waals surface area contributed by atoms with Crippen LogP contribution in [0.5, 0.6) is 0 Å². The molecule has 2 aromatic carbocycles. The first-order chi connectivity index (χ1) is 15.3. The fourth-order valence-electron chi connectivity index (χ4n) is 4.05. The quantitative estimate of drug-likeness (QED) is 0.523. The number of amides is 1. The van der Waals surface area contributed by atoms with Crippen molar-refractivity contribution < 1.29 is 4.79 Å². The van der Waals surface area contributed by atoms with Crippen molar-refractivity contribution in [1.82, 2.24) is 14.9 Å². The molecule has 0 saturated carbocycles. The van der Waals surface area contributed by atoms with Crippen molar-refractivity contribution in [2.75, 3.05) is 31.1 Å². The Morgan fingerprint density at radius 2 is 1.62 bits per heavy atom. The summed E-state index contributed by atoms with van der Waals surface area (Å²) < 4.78 is 0. The number of aromatic nitrogens is 2. The lowest BCUT2D eigenvalue weighted by Crippen LogP contribution is -2.49. The van der Waals surface area contributed by atoms with E-state index < -0.39 is 0 Å². The van der Waals surface area contributed by atoms with Gasteiger partial charge in [0.25, 0.3) is 5.91 Å². The molecule has 5 nitrogen and oxygen atoms in total. The van der Waals surface area contributed by atoms with Crippen molar-refractivity contribution in [1.29, 1.82) is 0 Å². The van der Waals surface area contributed by atoms with E-state index in [9.17, 15) is 4.79 Å². The molecular weight excluding hydrogens is 443 g/mol. The maximum atomic E-state index is 13.0. The predicted octanol–water partition coefficient (Wildman–Crippen LogP) is 5.26. The van der Waals surface area contributed by atoms with Crippen LogP contribution in [0.4, 0.5) is 5.82 Å². The summed E-state index contributed by atoms with van der Waals surface area (Å²) in [4.78, 5) is 26.5. The molecule has 4 rings (SSSR count). The number of halogens is 2. The molecule has 2 heterocycles. The topological polar surface area (TPSA) is 49.3 Å². The van der Waals surface area contributed by atoms with Crippen molar-refractivity contribution in [3.05, 3.63) is 86.3 Å². The highest BCUT2D eigenvalue weighted by molar-refractivity contribution is 6.36. The van der Waals surface area contributed by atoms with E-state index >= 15 is 0 Å². The fourth-order valence-corrected chi connectivity index (χ4v) is 4.54. The Morgan fingerprint density at radius 3 is 2.28 bits per heavy atom. The highest BCUT2D eigenvalue weighted by atomic mass is 35.5. The molecule has 1 saturated heterocycles. The molecular formula is C25H26Cl2N4O. The van der Waals surface area contributed by atoms with Crippen LogP contribution < -0.4 is 4.90 Å².